The van der Waals surface area contributed by atoms with Crippen molar-refractivity contribution in [2.45, 2.75) is 64.5 Å². The van der Waals surface area contributed by atoms with Gasteiger partial charge in [-0.1, -0.05) is 12.1 Å². The Bertz CT molecular complexity index is 804. The van der Waals surface area contributed by atoms with E-state index in [1.165, 1.54) is 0 Å². The summed E-state index contributed by atoms with van der Waals surface area (Å²) in [5, 5.41) is -1.32. The summed E-state index contributed by atoms with van der Waals surface area (Å²) in [5.41, 5.74) is 1.75. The molecule has 1 aromatic rings. The lowest BCUT2D eigenvalue weighted by atomic mass is 10.1. The van der Waals surface area contributed by atoms with Gasteiger partial charge >= 0.3 is 0 Å². The van der Waals surface area contributed by atoms with Crippen LogP contribution in [0.25, 0.3) is 0 Å². The van der Waals surface area contributed by atoms with Crippen molar-refractivity contribution in [2.24, 2.45) is 0 Å². The number of hydrogen-bond acceptors (Lipinski definition) is 7. The monoisotopic (exact) mass is 504 g/mol. The van der Waals surface area contributed by atoms with Gasteiger partial charge in [-0.05, 0) is 66.2 Å². The fraction of sp³-hybridized carbons (Fsp3) is 0.739. The van der Waals surface area contributed by atoms with Crippen molar-refractivity contribution in [2.75, 3.05) is 51.0 Å². The summed E-state index contributed by atoms with van der Waals surface area (Å²) in [6.07, 6.45) is 0. The van der Waals surface area contributed by atoms with Crippen LogP contribution in [-0.4, -0.2) is 61.1 Å². The Hall–Kier alpha value is -0.800. The molecule has 0 aromatic heterocycles. The first-order valence-electron chi connectivity index (χ1n) is 11.6. The van der Waals surface area contributed by atoms with Crippen molar-refractivity contribution < 1.29 is 27.5 Å². The van der Waals surface area contributed by atoms with Gasteiger partial charge in [-0.3, -0.25) is 4.57 Å². The van der Waals surface area contributed by atoms with Crippen molar-refractivity contribution in [3.8, 4) is 0 Å². The molecule has 1 N–H and O–H groups in total. The zero-order valence-corrected chi connectivity index (χ0v) is 22.8. The maximum atomic E-state index is 14.7. The molecule has 0 spiro atoms. The maximum Gasteiger partial charge on any atom is 0.281 e. The number of rotatable bonds is 12. The van der Waals surface area contributed by atoms with Crippen LogP contribution in [0.4, 0.5) is 5.69 Å². The van der Waals surface area contributed by atoms with E-state index in [1.54, 1.807) is 13.8 Å². The quantitative estimate of drug-likeness (QED) is 0.333. The van der Waals surface area contributed by atoms with Gasteiger partial charge in [-0.2, -0.15) is 0 Å². The Labute approximate surface area is 201 Å². The van der Waals surface area contributed by atoms with Gasteiger partial charge in [0, 0.05) is 32.0 Å². The van der Waals surface area contributed by atoms with Crippen LogP contribution in [0, 0.1) is 0 Å². The highest BCUT2D eigenvalue weighted by atomic mass is 32.2. The zero-order valence-electron chi connectivity index (χ0n) is 21.1. The highest BCUT2D eigenvalue weighted by Crippen LogP contribution is 2.66. The number of ether oxygens (including phenoxy) is 3. The number of morpholine rings is 1. The number of nitrogens with zero attached hydrogens (tertiary/aromatic N) is 1. The van der Waals surface area contributed by atoms with Crippen LogP contribution < -0.4 is 9.62 Å². The van der Waals surface area contributed by atoms with E-state index in [-0.39, 0.29) is 6.61 Å². The summed E-state index contributed by atoms with van der Waals surface area (Å²) >= 11 is 0. The molecular weight excluding hydrogens is 463 g/mol. The number of hydrogen-bond donors (Lipinski definition) is 1. The van der Waals surface area contributed by atoms with Gasteiger partial charge in [0.25, 0.3) is 7.37 Å². The molecule has 1 aliphatic heterocycles. The van der Waals surface area contributed by atoms with Gasteiger partial charge in [0.15, 0.2) is 0 Å². The molecular formula is C23H41N2O6PS. The Morgan fingerprint density at radius 3 is 2.03 bits per heavy atom. The van der Waals surface area contributed by atoms with Crippen molar-refractivity contribution >= 4 is 24.0 Å². The second-order valence-corrected chi connectivity index (χ2v) is 13.7. The topological polar surface area (TPSA) is 86.3 Å². The largest absolute Gasteiger partial charge is 0.378 e. The summed E-state index contributed by atoms with van der Waals surface area (Å²) in [7, 11) is -5.29. The third-order valence-electron chi connectivity index (χ3n) is 5.49. The number of anilines is 1. The molecule has 33 heavy (non-hydrogen) atoms. The molecule has 190 valence electrons. The molecule has 1 heterocycles. The van der Waals surface area contributed by atoms with E-state index in [4.69, 9.17) is 18.7 Å². The molecule has 0 amide bonds. The first-order valence-corrected chi connectivity index (χ1v) is 14.5. The minimum Gasteiger partial charge on any atom is -0.378 e. The van der Waals surface area contributed by atoms with Crippen LogP contribution in [0.15, 0.2) is 24.3 Å². The lowest BCUT2D eigenvalue weighted by Gasteiger charge is -2.42. The van der Waals surface area contributed by atoms with E-state index in [2.05, 4.69) is 9.62 Å². The highest BCUT2D eigenvalue weighted by Gasteiger charge is 2.55. The van der Waals surface area contributed by atoms with Crippen molar-refractivity contribution in [1.29, 1.82) is 0 Å². The van der Waals surface area contributed by atoms with E-state index < -0.39 is 34.4 Å². The standard InChI is InChI=1S/C23H41N2O6PS/c1-8-29-21(30-9-2)32(26,31-10-3)23(7,24-33(27)22(4,5)6)19-11-13-20(14-12-19)25-15-17-28-18-16-25/h11-14,21,24H,8-10,15-18H2,1-7H3/t23-,32?,33?/m1/s1. The minimum atomic E-state index is -3.76. The molecule has 2 unspecified atom stereocenters. The summed E-state index contributed by atoms with van der Waals surface area (Å²) in [4.78, 5) is 2.25. The van der Waals surface area contributed by atoms with Crippen molar-refractivity contribution in [1.82, 2.24) is 4.72 Å². The maximum absolute atomic E-state index is 14.7. The van der Waals surface area contributed by atoms with Crippen LogP contribution in [-0.2, 0) is 39.6 Å². The third kappa shape index (κ3) is 6.66. The Morgan fingerprint density at radius 1 is 1.03 bits per heavy atom. The minimum absolute atomic E-state index is 0.194. The smallest absolute Gasteiger partial charge is 0.281 e. The first kappa shape index (κ1) is 28.4. The summed E-state index contributed by atoms with van der Waals surface area (Å²) in [5.74, 6) is 0. The van der Waals surface area contributed by atoms with Gasteiger partial charge in [0.2, 0.25) is 6.03 Å². The highest BCUT2D eigenvalue weighted by molar-refractivity contribution is 7.85. The van der Waals surface area contributed by atoms with Gasteiger partial charge in [0.05, 0.1) is 35.6 Å². The molecule has 0 aliphatic carbocycles. The van der Waals surface area contributed by atoms with E-state index in [9.17, 15) is 8.77 Å². The molecule has 1 saturated heterocycles. The van der Waals surface area contributed by atoms with Gasteiger partial charge < -0.3 is 23.6 Å². The van der Waals surface area contributed by atoms with Crippen LogP contribution in [0.1, 0.15) is 54.0 Å². The molecule has 1 aliphatic rings. The van der Waals surface area contributed by atoms with Crippen LogP contribution in [0.5, 0.6) is 0 Å². The summed E-state index contributed by atoms with van der Waals surface area (Å²) in [6.45, 7) is 16.6. The molecule has 1 fully saturated rings. The van der Waals surface area contributed by atoms with Gasteiger partial charge in [-0.15, -0.1) is 0 Å². The number of nitrogens with one attached hydrogen (secondary N) is 1. The Kier molecular flexibility index (Phi) is 10.6. The predicted molar refractivity (Wildman–Crippen MR) is 134 cm³/mol. The van der Waals surface area contributed by atoms with Gasteiger partial charge in [-0.25, -0.2) is 8.93 Å². The van der Waals surface area contributed by atoms with E-state index in [1.807, 2.05) is 58.9 Å². The molecule has 0 bridgehead atoms. The lowest BCUT2D eigenvalue weighted by molar-refractivity contribution is -0.0911. The average Bonchev–Trinajstić information content (AvgIpc) is 2.79. The molecule has 3 atom stereocenters. The first-order chi connectivity index (χ1) is 15.5. The van der Waals surface area contributed by atoms with Crippen molar-refractivity contribution in [3.63, 3.8) is 0 Å². The Balaban J connectivity index is 2.58. The molecule has 0 saturated carbocycles. The van der Waals surface area contributed by atoms with Crippen LogP contribution >= 0.6 is 7.37 Å². The molecule has 8 nitrogen and oxygen atoms in total. The summed E-state index contributed by atoms with van der Waals surface area (Å²) in [6, 6.07) is 6.72. The van der Waals surface area contributed by atoms with Crippen LogP contribution in [0.3, 0.4) is 0 Å². The van der Waals surface area contributed by atoms with Gasteiger partial charge in [0.1, 0.15) is 5.28 Å². The Morgan fingerprint density at radius 2 is 1.58 bits per heavy atom. The third-order valence-corrected chi connectivity index (χ3v) is 10.5. The summed E-state index contributed by atoms with van der Waals surface area (Å²) < 4.78 is 53.5. The SMILES string of the molecule is CCOC(OCC)P(=O)(OCC)[C@@](C)(NS(=O)C(C)(C)C)c1ccc(N2CCOCC2)cc1. The molecule has 2 rings (SSSR count). The molecule has 10 heteroatoms. The second kappa shape index (κ2) is 12.2. The fourth-order valence-electron chi connectivity index (χ4n) is 3.58. The van der Waals surface area contributed by atoms with Crippen molar-refractivity contribution in [3.05, 3.63) is 29.8 Å². The number of benzene rings is 1. The van der Waals surface area contributed by atoms with E-state index in [0.717, 1.165) is 18.8 Å². The normalized spacial score (nSPS) is 19.8. The van der Waals surface area contributed by atoms with E-state index >= 15 is 0 Å². The van der Waals surface area contributed by atoms with E-state index in [0.29, 0.717) is 32.0 Å². The average molecular weight is 505 g/mol. The second-order valence-electron chi connectivity index (χ2n) is 8.93. The van der Waals surface area contributed by atoms with Crippen LogP contribution in [0.2, 0.25) is 0 Å². The predicted octanol–water partition coefficient (Wildman–Crippen LogP) is 4.42. The molecule has 1 aromatic carbocycles. The molecule has 0 radical (unpaired) electrons. The lowest BCUT2D eigenvalue weighted by Crippen LogP contribution is -2.48. The fourth-order valence-corrected chi connectivity index (χ4v) is 7.50. The zero-order chi connectivity index (χ0) is 24.7.